The molecular formula is C11H14N4O4S. The van der Waals surface area contributed by atoms with Gasteiger partial charge in [-0.15, -0.1) is 16.4 Å². The van der Waals surface area contributed by atoms with E-state index in [9.17, 15) is 4.79 Å². The van der Waals surface area contributed by atoms with Crippen LogP contribution in [0.4, 0.5) is 0 Å². The fraction of sp³-hybridized carbons (Fsp3) is 0.455. The van der Waals surface area contributed by atoms with E-state index in [2.05, 4.69) is 15.5 Å². The Bertz CT molecular complexity index is 582. The Morgan fingerprint density at radius 3 is 2.95 bits per heavy atom. The van der Waals surface area contributed by atoms with Crippen LogP contribution in [0.25, 0.3) is 10.7 Å². The summed E-state index contributed by atoms with van der Waals surface area (Å²) in [6.45, 7) is 0.269. The van der Waals surface area contributed by atoms with Crippen LogP contribution < -0.4 is 4.74 Å². The zero-order valence-electron chi connectivity index (χ0n) is 11.0. The molecule has 1 atom stereocenters. The average Bonchev–Trinajstić information content (AvgIpc) is 3.05. The number of carbonyl (C=O) groups is 1. The van der Waals surface area contributed by atoms with Crippen molar-refractivity contribution in [2.75, 3.05) is 14.2 Å². The van der Waals surface area contributed by atoms with Crippen LogP contribution >= 0.6 is 11.3 Å². The van der Waals surface area contributed by atoms with Crippen molar-refractivity contribution in [3.05, 3.63) is 11.4 Å². The molecule has 0 amide bonds. The van der Waals surface area contributed by atoms with E-state index in [1.165, 1.54) is 23.1 Å². The smallest absolute Gasteiger partial charge is 0.306 e. The summed E-state index contributed by atoms with van der Waals surface area (Å²) in [5.41, 5.74) is 0. The molecule has 1 N–H and O–H groups in total. The Balaban J connectivity index is 2.17. The highest BCUT2D eigenvalue weighted by Crippen LogP contribution is 2.29. The quantitative estimate of drug-likeness (QED) is 0.810. The lowest BCUT2D eigenvalue weighted by Crippen LogP contribution is -2.23. The first-order chi connectivity index (χ1) is 9.63. The first-order valence-corrected chi connectivity index (χ1v) is 6.65. The van der Waals surface area contributed by atoms with Crippen molar-refractivity contribution in [1.82, 2.24) is 20.2 Å². The normalized spacial score (nSPS) is 12.3. The molecule has 0 fully saturated rings. The Labute approximate surface area is 118 Å². The fourth-order valence-electron chi connectivity index (χ4n) is 1.66. The molecule has 0 aliphatic heterocycles. The maximum atomic E-state index is 10.7. The number of methoxy groups -OCH3 is 2. The van der Waals surface area contributed by atoms with E-state index in [1.807, 2.05) is 11.4 Å². The number of aromatic nitrogens is 4. The minimum atomic E-state index is -0.927. The number of nitrogens with zero attached hydrogens (tertiary/aromatic N) is 4. The van der Waals surface area contributed by atoms with Gasteiger partial charge in [-0.3, -0.25) is 4.79 Å². The summed E-state index contributed by atoms with van der Waals surface area (Å²) in [5, 5.41) is 22.1. The third-order valence-electron chi connectivity index (χ3n) is 2.68. The lowest BCUT2D eigenvalue weighted by Gasteiger charge is -2.13. The molecule has 8 nitrogen and oxygen atoms in total. The summed E-state index contributed by atoms with van der Waals surface area (Å²) in [6, 6.07) is 1.83. The number of hydrogen-bond acceptors (Lipinski definition) is 7. The summed E-state index contributed by atoms with van der Waals surface area (Å²) in [5.74, 6) is 0.364. The molecule has 0 saturated carbocycles. The summed E-state index contributed by atoms with van der Waals surface area (Å²) >= 11 is 1.45. The van der Waals surface area contributed by atoms with Crippen molar-refractivity contribution in [3.8, 4) is 16.5 Å². The fourth-order valence-corrected chi connectivity index (χ4v) is 2.50. The van der Waals surface area contributed by atoms with Gasteiger partial charge in [0.1, 0.15) is 5.75 Å². The first-order valence-electron chi connectivity index (χ1n) is 5.77. The van der Waals surface area contributed by atoms with Crippen molar-refractivity contribution in [2.24, 2.45) is 0 Å². The number of hydrogen-bond donors (Lipinski definition) is 1. The second-order valence-electron chi connectivity index (χ2n) is 3.99. The predicted octanol–water partition coefficient (Wildman–Crippen LogP) is 0.900. The molecule has 2 rings (SSSR count). The van der Waals surface area contributed by atoms with Crippen LogP contribution in [-0.2, 0) is 16.1 Å². The largest absolute Gasteiger partial charge is 0.496 e. The van der Waals surface area contributed by atoms with Gasteiger partial charge < -0.3 is 14.6 Å². The van der Waals surface area contributed by atoms with E-state index >= 15 is 0 Å². The van der Waals surface area contributed by atoms with Gasteiger partial charge in [-0.2, -0.15) is 0 Å². The molecule has 2 aromatic rings. The van der Waals surface area contributed by atoms with Crippen LogP contribution in [0.1, 0.15) is 6.42 Å². The maximum Gasteiger partial charge on any atom is 0.306 e. The second kappa shape index (κ2) is 6.44. The maximum absolute atomic E-state index is 10.7. The van der Waals surface area contributed by atoms with Gasteiger partial charge in [-0.25, -0.2) is 4.68 Å². The molecule has 2 heterocycles. The van der Waals surface area contributed by atoms with Crippen LogP contribution in [0.5, 0.6) is 5.75 Å². The number of ether oxygens (including phenoxy) is 2. The summed E-state index contributed by atoms with van der Waals surface area (Å²) in [7, 11) is 3.05. The zero-order chi connectivity index (χ0) is 14.5. The molecule has 0 aromatic carbocycles. The number of tetrazole rings is 1. The summed E-state index contributed by atoms with van der Waals surface area (Å²) < 4.78 is 11.8. The lowest BCUT2D eigenvalue weighted by atomic mass is 10.2. The van der Waals surface area contributed by atoms with Crippen LogP contribution in [0, 0.1) is 0 Å². The van der Waals surface area contributed by atoms with Gasteiger partial charge in [-0.05, 0) is 10.4 Å². The van der Waals surface area contributed by atoms with Crippen LogP contribution in [0.15, 0.2) is 11.4 Å². The van der Waals surface area contributed by atoms with Crippen molar-refractivity contribution in [1.29, 1.82) is 0 Å². The molecule has 0 aliphatic carbocycles. The van der Waals surface area contributed by atoms with E-state index in [0.717, 1.165) is 10.6 Å². The van der Waals surface area contributed by atoms with Crippen LogP contribution in [0.3, 0.4) is 0 Å². The van der Waals surface area contributed by atoms with Gasteiger partial charge in [0.15, 0.2) is 5.82 Å². The minimum absolute atomic E-state index is 0.108. The predicted molar refractivity (Wildman–Crippen MR) is 70.7 cm³/mol. The standard InChI is InChI=1S/C11H14N4O4S/c1-18-7(4-10(16)17)5-15-11(12-13-14-15)9-3-8(19-2)6-20-9/h3,6-7H,4-5H2,1-2H3,(H,16,17). The van der Waals surface area contributed by atoms with Gasteiger partial charge in [0.05, 0.1) is 31.1 Å². The summed E-state index contributed by atoms with van der Waals surface area (Å²) in [4.78, 5) is 11.6. The number of carboxylic acids is 1. The molecule has 0 spiro atoms. The molecule has 2 aromatic heterocycles. The first kappa shape index (κ1) is 14.4. The van der Waals surface area contributed by atoms with E-state index in [-0.39, 0.29) is 13.0 Å². The van der Waals surface area contributed by atoms with Gasteiger partial charge >= 0.3 is 5.97 Å². The Hall–Kier alpha value is -2.00. The van der Waals surface area contributed by atoms with E-state index < -0.39 is 12.1 Å². The molecule has 0 saturated heterocycles. The molecule has 0 aliphatic rings. The molecule has 108 valence electrons. The molecule has 20 heavy (non-hydrogen) atoms. The SMILES string of the molecule is COc1csc(-c2nnnn2CC(CC(=O)O)OC)c1. The van der Waals surface area contributed by atoms with Crippen molar-refractivity contribution in [2.45, 2.75) is 19.1 Å². The average molecular weight is 298 g/mol. The van der Waals surface area contributed by atoms with Gasteiger partial charge in [0.2, 0.25) is 0 Å². The number of carboxylic acid groups (broad SMARTS) is 1. The Morgan fingerprint density at radius 2 is 2.35 bits per heavy atom. The number of aliphatic carboxylic acids is 1. The van der Waals surface area contributed by atoms with Crippen molar-refractivity contribution < 1.29 is 19.4 Å². The molecule has 1 unspecified atom stereocenters. The second-order valence-corrected chi connectivity index (χ2v) is 4.90. The third kappa shape index (κ3) is 3.31. The highest BCUT2D eigenvalue weighted by molar-refractivity contribution is 7.13. The highest BCUT2D eigenvalue weighted by atomic mass is 32.1. The Morgan fingerprint density at radius 1 is 1.55 bits per heavy atom. The lowest BCUT2D eigenvalue weighted by molar-refractivity contribution is -0.139. The van der Waals surface area contributed by atoms with E-state index in [1.54, 1.807) is 7.11 Å². The topological polar surface area (TPSA) is 99.4 Å². The third-order valence-corrected chi connectivity index (χ3v) is 3.58. The Kier molecular flexibility index (Phi) is 4.64. The van der Waals surface area contributed by atoms with Crippen molar-refractivity contribution in [3.63, 3.8) is 0 Å². The zero-order valence-corrected chi connectivity index (χ0v) is 11.8. The monoisotopic (exact) mass is 298 g/mol. The highest BCUT2D eigenvalue weighted by Gasteiger charge is 2.18. The number of rotatable bonds is 7. The van der Waals surface area contributed by atoms with Gasteiger partial charge in [0.25, 0.3) is 0 Å². The van der Waals surface area contributed by atoms with E-state index in [0.29, 0.717) is 5.82 Å². The van der Waals surface area contributed by atoms with E-state index in [4.69, 9.17) is 14.6 Å². The van der Waals surface area contributed by atoms with Gasteiger partial charge in [-0.1, -0.05) is 0 Å². The van der Waals surface area contributed by atoms with Gasteiger partial charge in [0, 0.05) is 18.6 Å². The molecule has 0 radical (unpaired) electrons. The molecule has 0 bridgehead atoms. The minimum Gasteiger partial charge on any atom is -0.496 e. The van der Waals surface area contributed by atoms with Crippen molar-refractivity contribution >= 4 is 17.3 Å². The van der Waals surface area contributed by atoms with Crippen LogP contribution in [-0.4, -0.2) is 51.6 Å². The van der Waals surface area contributed by atoms with Crippen LogP contribution in [0.2, 0.25) is 0 Å². The number of thiophene rings is 1. The molecular weight excluding hydrogens is 284 g/mol. The molecule has 9 heteroatoms. The summed E-state index contributed by atoms with van der Waals surface area (Å²) in [6.07, 6.45) is -0.597.